The number of aliphatic carboxylic acids is 1. The Hall–Kier alpha value is -2.13. The third-order valence-corrected chi connectivity index (χ3v) is 3.26. The van der Waals surface area contributed by atoms with Gasteiger partial charge in [0.2, 0.25) is 6.54 Å². The number of carboxylic acid groups (broad SMARTS) is 1. The van der Waals surface area contributed by atoms with Crippen LogP contribution in [0.3, 0.4) is 0 Å². The second-order valence-corrected chi connectivity index (χ2v) is 5.68. The van der Waals surface area contributed by atoms with Gasteiger partial charge in [0.1, 0.15) is 17.5 Å². The highest BCUT2D eigenvalue weighted by Gasteiger charge is 2.41. The zero-order valence-electron chi connectivity index (χ0n) is 12.2. The lowest BCUT2D eigenvalue weighted by Crippen LogP contribution is -2.36. The van der Waals surface area contributed by atoms with Gasteiger partial charge in [-0.2, -0.15) is 0 Å². The van der Waals surface area contributed by atoms with Crippen LogP contribution in [0.2, 0.25) is 0 Å². The maximum absolute atomic E-state index is 10.8. The third kappa shape index (κ3) is 3.55. The molecule has 1 atom stereocenters. The van der Waals surface area contributed by atoms with E-state index in [1.54, 1.807) is 32.0 Å². The Morgan fingerprint density at radius 1 is 1.55 bits per heavy atom. The number of rotatable bonds is 6. The molecular weight excluding hydrogens is 293 g/mol. The van der Waals surface area contributed by atoms with Crippen molar-refractivity contribution in [1.29, 1.82) is 0 Å². The SMILES string of the molecule is CC(C)(CC(=O)O)Oc1cccc2c1B(O)OC2C[N+](=O)[O-]. The number of benzene rings is 1. The van der Waals surface area contributed by atoms with Gasteiger partial charge in [-0.25, -0.2) is 0 Å². The molecule has 0 amide bonds. The number of carboxylic acids is 1. The smallest absolute Gasteiger partial charge is 0.488 e. The molecular formula is C13H16BNO7. The van der Waals surface area contributed by atoms with E-state index in [4.69, 9.17) is 14.5 Å². The normalized spacial score (nSPS) is 17.2. The molecule has 0 spiro atoms. The minimum absolute atomic E-state index is 0.230. The number of nitrogens with zero attached hydrogens (tertiary/aromatic N) is 1. The van der Waals surface area contributed by atoms with Crippen molar-refractivity contribution in [2.75, 3.05) is 6.54 Å². The lowest BCUT2D eigenvalue weighted by atomic mass is 9.78. The molecule has 0 saturated heterocycles. The van der Waals surface area contributed by atoms with E-state index in [9.17, 15) is 19.9 Å². The fourth-order valence-electron chi connectivity index (χ4n) is 2.47. The molecule has 0 bridgehead atoms. The van der Waals surface area contributed by atoms with Crippen LogP contribution in [0, 0.1) is 10.1 Å². The summed E-state index contributed by atoms with van der Waals surface area (Å²) in [6.45, 7) is 2.75. The Morgan fingerprint density at radius 2 is 2.23 bits per heavy atom. The van der Waals surface area contributed by atoms with Gasteiger partial charge in [-0.05, 0) is 25.5 Å². The first-order valence-corrected chi connectivity index (χ1v) is 6.68. The standard InChI is InChI=1S/C13H16BNO7/c1-13(2,6-11(16)17)21-9-5-3-4-8-10(7-15(19)20)22-14(18)12(8)9/h3-5,10,18H,6-7H2,1-2H3,(H,16,17). The highest BCUT2D eigenvalue weighted by Crippen LogP contribution is 2.30. The van der Waals surface area contributed by atoms with Gasteiger partial charge in [0, 0.05) is 10.4 Å². The molecule has 22 heavy (non-hydrogen) atoms. The van der Waals surface area contributed by atoms with Crippen molar-refractivity contribution in [2.24, 2.45) is 0 Å². The van der Waals surface area contributed by atoms with Crippen LogP contribution in [0.25, 0.3) is 0 Å². The zero-order chi connectivity index (χ0) is 16.5. The summed E-state index contributed by atoms with van der Waals surface area (Å²) in [6, 6.07) is 4.82. The van der Waals surface area contributed by atoms with Gasteiger partial charge < -0.3 is 19.5 Å². The van der Waals surface area contributed by atoms with Crippen LogP contribution < -0.4 is 10.2 Å². The predicted molar refractivity (Wildman–Crippen MR) is 76.7 cm³/mol. The summed E-state index contributed by atoms with van der Waals surface area (Å²) in [5.41, 5.74) is -0.206. The number of hydrogen-bond donors (Lipinski definition) is 2. The number of hydrogen-bond acceptors (Lipinski definition) is 6. The monoisotopic (exact) mass is 309 g/mol. The quantitative estimate of drug-likeness (QED) is 0.442. The highest BCUT2D eigenvalue weighted by molar-refractivity contribution is 6.62. The summed E-state index contributed by atoms with van der Waals surface area (Å²) >= 11 is 0. The molecule has 2 rings (SSSR count). The van der Waals surface area contributed by atoms with Crippen molar-refractivity contribution >= 4 is 18.6 Å². The van der Waals surface area contributed by atoms with Crippen LogP contribution in [-0.2, 0) is 9.45 Å². The fraction of sp³-hybridized carbons (Fsp3) is 0.462. The molecule has 9 heteroatoms. The van der Waals surface area contributed by atoms with Gasteiger partial charge >= 0.3 is 13.1 Å². The second-order valence-electron chi connectivity index (χ2n) is 5.68. The van der Waals surface area contributed by atoms with Crippen LogP contribution in [0.4, 0.5) is 0 Å². The molecule has 8 nitrogen and oxygen atoms in total. The molecule has 0 aromatic heterocycles. The van der Waals surface area contributed by atoms with Crippen molar-refractivity contribution < 1.29 is 29.2 Å². The Balaban J connectivity index is 2.30. The van der Waals surface area contributed by atoms with Gasteiger partial charge in [-0.3, -0.25) is 14.9 Å². The van der Waals surface area contributed by atoms with Gasteiger partial charge in [-0.1, -0.05) is 12.1 Å². The second kappa shape index (κ2) is 5.94. The van der Waals surface area contributed by atoms with Crippen LogP contribution in [0.15, 0.2) is 18.2 Å². The summed E-state index contributed by atoms with van der Waals surface area (Å²) in [7, 11) is -1.34. The van der Waals surface area contributed by atoms with Crippen LogP contribution in [0.5, 0.6) is 5.75 Å². The van der Waals surface area contributed by atoms with Crippen molar-refractivity contribution in [3.8, 4) is 5.75 Å². The van der Waals surface area contributed by atoms with E-state index >= 15 is 0 Å². The van der Waals surface area contributed by atoms with Crippen molar-refractivity contribution in [3.05, 3.63) is 33.9 Å². The van der Waals surface area contributed by atoms with E-state index in [2.05, 4.69) is 0 Å². The molecule has 1 heterocycles. The average Bonchev–Trinajstić information content (AvgIpc) is 2.64. The van der Waals surface area contributed by atoms with Gasteiger partial charge in [-0.15, -0.1) is 0 Å². The first-order valence-electron chi connectivity index (χ1n) is 6.68. The first-order chi connectivity index (χ1) is 10.2. The van der Waals surface area contributed by atoms with E-state index in [1.807, 2.05) is 0 Å². The zero-order valence-corrected chi connectivity index (χ0v) is 12.2. The lowest BCUT2D eigenvalue weighted by molar-refractivity contribution is -0.490. The third-order valence-electron chi connectivity index (χ3n) is 3.26. The summed E-state index contributed by atoms with van der Waals surface area (Å²) in [4.78, 5) is 21.0. The Morgan fingerprint density at radius 3 is 2.82 bits per heavy atom. The molecule has 1 aliphatic heterocycles. The summed E-state index contributed by atoms with van der Waals surface area (Å²) < 4.78 is 10.9. The number of carbonyl (C=O) groups is 1. The molecule has 0 radical (unpaired) electrons. The van der Waals surface area contributed by atoms with E-state index in [0.717, 1.165) is 0 Å². The maximum Gasteiger partial charge on any atom is 0.496 e. The molecule has 1 aromatic carbocycles. The lowest BCUT2D eigenvalue weighted by Gasteiger charge is -2.26. The fourth-order valence-corrected chi connectivity index (χ4v) is 2.47. The van der Waals surface area contributed by atoms with Crippen LogP contribution >= 0.6 is 0 Å². The van der Waals surface area contributed by atoms with E-state index in [0.29, 0.717) is 11.0 Å². The van der Waals surface area contributed by atoms with Crippen LogP contribution in [0.1, 0.15) is 31.9 Å². The summed E-state index contributed by atoms with van der Waals surface area (Å²) in [5.74, 6) is -0.747. The molecule has 0 saturated carbocycles. The minimum Gasteiger partial charge on any atom is -0.488 e. The van der Waals surface area contributed by atoms with Crippen LogP contribution in [-0.4, -0.2) is 40.3 Å². The largest absolute Gasteiger partial charge is 0.496 e. The number of ether oxygens (including phenoxy) is 1. The Kier molecular flexibility index (Phi) is 4.38. The van der Waals surface area contributed by atoms with Crippen molar-refractivity contribution in [3.63, 3.8) is 0 Å². The first kappa shape index (κ1) is 16.2. The molecule has 0 aliphatic carbocycles. The van der Waals surface area contributed by atoms with Crippen molar-refractivity contribution in [2.45, 2.75) is 32.0 Å². The summed E-state index contributed by atoms with van der Waals surface area (Å²) in [6.07, 6.45) is -1.09. The maximum atomic E-state index is 10.8. The number of nitro groups is 1. The van der Waals surface area contributed by atoms with Gasteiger partial charge in [0.05, 0.1) is 6.42 Å². The summed E-state index contributed by atoms with van der Waals surface area (Å²) in [5, 5.41) is 29.5. The van der Waals surface area contributed by atoms with E-state index in [1.165, 1.54) is 0 Å². The molecule has 0 fully saturated rings. The van der Waals surface area contributed by atoms with Crippen molar-refractivity contribution in [1.82, 2.24) is 0 Å². The molecule has 1 aliphatic rings. The topological polar surface area (TPSA) is 119 Å². The van der Waals surface area contributed by atoms with E-state index < -0.39 is 36.3 Å². The molecule has 1 unspecified atom stereocenters. The molecule has 2 N–H and O–H groups in total. The molecule has 118 valence electrons. The van der Waals surface area contributed by atoms with Gasteiger partial charge in [0.25, 0.3) is 0 Å². The highest BCUT2D eigenvalue weighted by atomic mass is 16.6. The predicted octanol–water partition coefficient (Wildman–Crippen LogP) is 0.354. The number of fused-ring (bicyclic) bond motifs is 1. The molecule has 1 aromatic rings. The Labute approximate surface area is 127 Å². The Bertz CT molecular complexity index is 604. The van der Waals surface area contributed by atoms with Gasteiger partial charge in [0.15, 0.2) is 0 Å². The minimum atomic E-state index is -1.34. The average molecular weight is 309 g/mol. The van der Waals surface area contributed by atoms with E-state index in [-0.39, 0.29) is 12.2 Å².